The summed E-state index contributed by atoms with van der Waals surface area (Å²) in [5, 5.41) is 10.8. The second kappa shape index (κ2) is 4.58. The van der Waals surface area contributed by atoms with Crippen LogP contribution in [0.25, 0.3) is 22.3 Å². The van der Waals surface area contributed by atoms with E-state index in [0.717, 1.165) is 0 Å². The highest BCUT2D eigenvalue weighted by molar-refractivity contribution is 5.77. The average molecular weight is 267 g/mol. The summed E-state index contributed by atoms with van der Waals surface area (Å²) in [7, 11) is 0. The minimum Gasteiger partial charge on any atom is -0.319 e. The summed E-state index contributed by atoms with van der Waals surface area (Å²) in [5.74, 6) is 0. The van der Waals surface area contributed by atoms with Gasteiger partial charge in [-0.3, -0.25) is 14.9 Å². The lowest BCUT2D eigenvalue weighted by Crippen LogP contribution is -2.11. The summed E-state index contributed by atoms with van der Waals surface area (Å²) >= 11 is 0. The zero-order chi connectivity index (χ0) is 14.1. The number of non-ortho nitro benzene ring substituents is 1. The van der Waals surface area contributed by atoms with Gasteiger partial charge in [-0.1, -0.05) is 24.3 Å². The Labute approximate surface area is 112 Å². The summed E-state index contributed by atoms with van der Waals surface area (Å²) < 4.78 is 0. The van der Waals surface area contributed by atoms with Crippen LogP contribution in [0.1, 0.15) is 0 Å². The van der Waals surface area contributed by atoms with Crippen LogP contribution in [0.5, 0.6) is 0 Å². The molecule has 0 spiro atoms. The van der Waals surface area contributed by atoms with Crippen molar-refractivity contribution in [1.82, 2.24) is 9.97 Å². The van der Waals surface area contributed by atoms with Gasteiger partial charge in [-0.05, 0) is 12.1 Å². The predicted octanol–water partition coefficient (Wildman–Crippen LogP) is 2.50. The van der Waals surface area contributed by atoms with E-state index in [0.29, 0.717) is 16.6 Å². The summed E-state index contributed by atoms with van der Waals surface area (Å²) in [6.07, 6.45) is 0. The number of rotatable bonds is 2. The zero-order valence-electron chi connectivity index (χ0n) is 10.2. The fraction of sp³-hybridized carbons (Fsp3) is 0. The van der Waals surface area contributed by atoms with Crippen LogP contribution in [-0.2, 0) is 0 Å². The van der Waals surface area contributed by atoms with Crippen molar-refractivity contribution >= 4 is 16.7 Å². The fourth-order valence-corrected chi connectivity index (χ4v) is 1.99. The minimum absolute atomic E-state index is 0.0724. The number of hydrogen-bond acceptors (Lipinski definition) is 4. The van der Waals surface area contributed by atoms with Crippen molar-refractivity contribution in [3.63, 3.8) is 0 Å². The molecule has 1 aromatic heterocycles. The van der Waals surface area contributed by atoms with Crippen molar-refractivity contribution in [1.29, 1.82) is 0 Å². The largest absolute Gasteiger partial charge is 0.319 e. The minimum atomic E-state index is -0.501. The molecule has 0 bridgehead atoms. The molecule has 0 aliphatic rings. The zero-order valence-corrected chi connectivity index (χ0v) is 10.2. The van der Waals surface area contributed by atoms with Crippen LogP contribution in [0.4, 0.5) is 5.69 Å². The number of H-pyrrole nitrogens is 1. The van der Waals surface area contributed by atoms with Crippen LogP contribution in [0.2, 0.25) is 0 Å². The Bertz CT molecular complexity index is 871. The molecule has 0 fully saturated rings. The van der Waals surface area contributed by atoms with Crippen molar-refractivity contribution < 1.29 is 4.92 Å². The van der Waals surface area contributed by atoms with Crippen LogP contribution in [-0.4, -0.2) is 14.9 Å². The maximum atomic E-state index is 12.0. The molecule has 0 radical (unpaired) electrons. The van der Waals surface area contributed by atoms with E-state index in [-0.39, 0.29) is 16.9 Å². The molecule has 1 N–H and O–H groups in total. The molecule has 0 amide bonds. The fourth-order valence-electron chi connectivity index (χ4n) is 1.99. The number of para-hydroxylation sites is 2. The van der Waals surface area contributed by atoms with Gasteiger partial charge in [-0.25, -0.2) is 4.98 Å². The van der Waals surface area contributed by atoms with Crippen LogP contribution in [0.15, 0.2) is 53.3 Å². The molecule has 0 saturated carbocycles. The van der Waals surface area contributed by atoms with E-state index in [4.69, 9.17) is 0 Å². The third-order valence-corrected chi connectivity index (χ3v) is 2.93. The van der Waals surface area contributed by atoms with Gasteiger partial charge in [-0.2, -0.15) is 0 Å². The number of hydrogen-bond donors (Lipinski definition) is 1. The molecular formula is C14H9N3O3. The van der Waals surface area contributed by atoms with Gasteiger partial charge in [0.2, 0.25) is 0 Å². The van der Waals surface area contributed by atoms with Gasteiger partial charge in [-0.15, -0.1) is 0 Å². The number of nitro benzene ring substituents is 1. The third kappa shape index (κ3) is 2.03. The Morgan fingerprint density at radius 3 is 2.70 bits per heavy atom. The molecule has 20 heavy (non-hydrogen) atoms. The molecule has 3 rings (SSSR count). The molecule has 3 aromatic rings. The number of nitro groups is 1. The lowest BCUT2D eigenvalue weighted by Gasteiger charge is -2.02. The van der Waals surface area contributed by atoms with E-state index in [2.05, 4.69) is 9.97 Å². The van der Waals surface area contributed by atoms with Gasteiger partial charge >= 0.3 is 0 Å². The first kappa shape index (κ1) is 12.0. The van der Waals surface area contributed by atoms with Crippen LogP contribution < -0.4 is 5.56 Å². The summed E-state index contributed by atoms with van der Waals surface area (Å²) in [6, 6.07) is 13.0. The first-order chi connectivity index (χ1) is 9.65. The van der Waals surface area contributed by atoms with E-state index in [1.54, 1.807) is 24.3 Å². The highest BCUT2D eigenvalue weighted by atomic mass is 16.6. The van der Waals surface area contributed by atoms with Gasteiger partial charge in [0.25, 0.3) is 11.2 Å². The van der Waals surface area contributed by atoms with E-state index in [1.165, 1.54) is 18.2 Å². The number of aromatic amines is 1. The predicted molar refractivity (Wildman–Crippen MR) is 74.5 cm³/mol. The van der Waals surface area contributed by atoms with Crippen molar-refractivity contribution in [2.45, 2.75) is 0 Å². The molecule has 2 aromatic carbocycles. The van der Waals surface area contributed by atoms with E-state index >= 15 is 0 Å². The maximum Gasteiger partial charge on any atom is 0.274 e. The highest BCUT2D eigenvalue weighted by Crippen LogP contribution is 2.20. The Hall–Kier alpha value is -3.02. The van der Waals surface area contributed by atoms with Crippen LogP contribution >= 0.6 is 0 Å². The van der Waals surface area contributed by atoms with E-state index in [9.17, 15) is 14.9 Å². The van der Waals surface area contributed by atoms with Gasteiger partial charge in [0.05, 0.1) is 16.0 Å². The Balaban J connectivity index is 2.24. The second-order valence-electron chi connectivity index (χ2n) is 4.24. The van der Waals surface area contributed by atoms with Crippen LogP contribution in [0.3, 0.4) is 0 Å². The maximum absolute atomic E-state index is 12.0. The van der Waals surface area contributed by atoms with Gasteiger partial charge in [0.1, 0.15) is 5.69 Å². The monoisotopic (exact) mass is 267 g/mol. The van der Waals surface area contributed by atoms with Gasteiger partial charge in [0, 0.05) is 17.7 Å². The molecule has 0 unspecified atom stereocenters. The molecule has 0 saturated heterocycles. The first-order valence-electron chi connectivity index (χ1n) is 5.89. The molecule has 0 aliphatic heterocycles. The number of nitrogens with zero attached hydrogens (tertiary/aromatic N) is 2. The summed E-state index contributed by atoms with van der Waals surface area (Å²) in [6.45, 7) is 0. The van der Waals surface area contributed by atoms with E-state index < -0.39 is 4.92 Å². The molecule has 6 heteroatoms. The highest BCUT2D eigenvalue weighted by Gasteiger charge is 2.11. The van der Waals surface area contributed by atoms with Crippen molar-refractivity contribution in [3.05, 3.63) is 69.0 Å². The lowest BCUT2D eigenvalue weighted by atomic mass is 10.1. The van der Waals surface area contributed by atoms with E-state index in [1.807, 2.05) is 6.07 Å². The Morgan fingerprint density at radius 1 is 1.10 bits per heavy atom. The molecule has 1 heterocycles. The number of aromatic nitrogens is 2. The molecule has 0 aliphatic carbocycles. The van der Waals surface area contributed by atoms with Crippen LogP contribution in [0, 0.1) is 10.1 Å². The molecular weight excluding hydrogens is 258 g/mol. The number of fused-ring (bicyclic) bond motifs is 1. The summed E-state index contributed by atoms with van der Waals surface area (Å²) in [5.41, 5.74) is 1.42. The number of benzene rings is 2. The Morgan fingerprint density at radius 2 is 1.90 bits per heavy atom. The number of nitrogens with one attached hydrogen (secondary N) is 1. The SMILES string of the molecule is O=c1[nH]c2ccccc2nc1-c1cccc([N+](=O)[O-])c1. The molecule has 6 nitrogen and oxygen atoms in total. The third-order valence-electron chi connectivity index (χ3n) is 2.93. The second-order valence-corrected chi connectivity index (χ2v) is 4.24. The van der Waals surface area contributed by atoms with Gasteiger partial charge in [0.15, 0.2) is 0 Å². The summed E-state index contributed by atoms with van der Waals surface area (Å²) in [4.78, 5) is 29.3. The first-order valence-corrected chi connectivity index (χ1v) is 5.89. The smallest absolute Gasteiger partial charge is 0.274 e. The van der Waals surface area contributed by atoms with Gasteiger partial charge < -0.3 is 4.98 Å². The molecule has 98 valence electrons. The topological polar surface area (TPSA) is 88.9 Å². The average Bonchev–Trinajstić information content (AvgIpc) is 2.46. The lowest BCUT2D eigenvalue weighted by molar-refractivity contribution is -0.384. The van der Waals surface area contributed by atoms with Crippen molar-refractivity contribution in [2.24, 2.45) is 0 Å². The normalized spacial score (nSPS) is 10.6. The van der Waals surface area contributed by atoms with Crippen molar-refractivity contribution in [3.8, 4) is 11.3 Å². The van der Waals surface area contributed by atoms with Crippen molar-refractivity contribution in [2.75, 3.05) is 0 Å². The standard InChI is InChI=1S/C14H9N3O3/c18-14-13(9-4-3-5-10(8-9)17(19)20)15-11-6-1-2-7-12(11)16-14/h1-8H,(H,16,18). The quantitative estimate of drug-likeness (QED) is 0.570. The Kier molecular flexibility index (Phi) is 2.76. The molecule has 0 atom stereocenters.